The number of imidazole rings is 1. The molecule has 0 radical (unpaired) electrons. The first-order valence-corrected chi connectivity index (χ1v) is 26.2. The van der Waals surface area contributed by atoms with Crippen LogP contribution in [0.2, 0.25) is 0 Å². The number of H-pyrrole nitrogens is 1. The maximum atomic E-state index is 14.2. The monoisotopic (exact) mass is 1040 g/mol. The number of benzene rings is 6. The van der Waals surface area contributed by atoms with E-state index in [1.807, 2.05) is 140 Å². The van der Waals surface area contributed by atoms with Crippen LogP contribution in [0.4, 0.5) is 19.1 Å². The van der Waals surface area contributed by atoms with Crippen molar-refractivity contribution in [2.75, 3.05) is 32.8 Å². The molecule has 1 amide bonds. The summed E-state index contributed by atoms with van der Waals surface area (Å²) >= 11 is 5.98. The zero-order chi connectivity index (χ0) is 51.6. The molecular weight excluding hydrogens is 997 g/mol. The number of carbonyl (C=O) groups excluding carboxylic acids is 1. The number of fused-ring (bicyclic) bond motifs is 2. The van der Waals surface area contributed by atoms with Crippen LogP contribution in [0.3, 0.4) is 0 Å². The van der Waals surface area contributed by atoms with Crippen LogP contribution in [0.15, 0.2) is 169 Å². The van der Waals surface area contributed by atoms with E-state index in [4.69, 9.17) is 44.9 Å². The van der Waals surface area contributed by atoms with E-state index in [-0.39, 0.29) is 41.2 Å². The highest BCUT2D eigenvalue weighted by atomic mass is 32.5. The Hall–Kier alpha value is -7.74. The number of aromatic amines is 1. The molecular formula is C53H46F3N8O8PS. The summed E-state index contributed by atoms with van der Waals surface area (Å²) in [5.41, 5.74) is 0.952. The molecule has 1 aliphatic rings. The lowest BCUT2D eigenvalue weighted by Gasteiger charge is -2.37. The quantitative estimate of drug-likeness (QED) is 0.0652. The number of hydrogen-bond donors (Lipinski definition) is 2. The van der Waals surface area contributed by atoms with Crippen molar-refractivity contribution >= 4 is 52.4 Å². The van der Waals surface area contributed by atoms with Crippen molar-refractivity contribution in [3.63, 3.8) is 0 Å². The number of nitrogens with one attached hydrogen (secondary N) is 2. The average molecular weight is 1040 g/mol. The van der Waals surface area contributed by atoms with Gasteiger partial charge in [0.1, 0.15) is 40.5 Å². The van der Waals surface area contributed by atoms with E-state index in [1.54, 1.807) is 18.8 Å². The van der Waals surface area contributed by atoms with E-state index in [1.165, 1.54) is 19.1 Å². The third kappa shape index (κ3) is 10.1. The molecule has 1 fully saturated rings. The van der Waals surface area contributed by atoms with Gasteiger partial charge in [-0.05, 0) is 87.3 Å². The molecule has 4 heterocycles. The molecule has 4 atom stereocenters. The van der Waals surface area contributed by atoms with Crippen molar-refractivity contribution in [2.45, 2.75) is 42.6 Å². The summed E-state index contributed by atoms with van der Waals surface area (Å²) < 4.78 is 81.2. The van der Waals surface area contributed by atoms with Gasteiger partial charge in [-0.3, -0.25) is 24.5 Å². The highest BCUT2D eigenvalue weighted by molar-refractivity contribution is 8.09. The first-order valence-electron chi connectivity index (χ1n) is 23.1. The lowest BCUT2D eigenvalue weighted by atomic mass is 9.80. The van der Waals surface area contributed by atoms with Gasteiger partial charge in [-0.2, -0.15) is 18.2 Å². The number of nitrogens with zero attached hydrogens (tertiary/aromatic N) is 6. The smallest absolute Gasteiger partial charge is 0.416 e. The van der Waals surface area contributed by atoms with Gasteiger partial charge >= 0.3 is 6.18 Å². The van der Waals surface area contributed by atoms with E-state index in [9.17, 15) is 22.8 Å². The van der Waals surface area contributed by atoms with Crippen LogP contribution in [0.5, 0.6) is 11.5 Å². The Morgan fingerprint density at radius 1 is 0.824 bits per heavy atom. The van der Waals surface area contributed by atoms with Gasteiger partial charge in [0.2, 0.25) is 11.9 Å². The molecule has 10 rings (SSSR count). The van der Waals surface area contributed by atoms with Gasteiger partial charge in [0.15, 0.2) is 11.2 Å². The molecule has 16 nitrogen and oxygen atoms in total. The van der Waals surface area contributed by atoms with Gasteiger partial charge in [0, 0.05) is 13.1 Å². The minimum atomic E-state index is -4.65. The van der Waals surface area contributed by atoms with Crippen LogP contribution in [0.25, 0.3) is 22.2 Å². The third-order valence-corrected chi connectivity index (χ3v) is 14.2. The Morgan fingerprint density at radius 3 is 1.97 bits per heavy atom. The van der Waals surface area contributed by atoms with E-state index in [0.29, 0.717) is 11.5 Å². The van der Waals surface area contributed by atoms with E-state index < -0.39 is 59.7 Å². The number of amides is 1. The van der Waals surface area contributed by atoms with Crippen LogP contribution in [0, 0.1) is 0 Å². The second kappa shape index (κ2) is 20.6. The molecule has 0 spiro atoms. The molecule has 74 heavy (non-hydrogen) atoms. The molecule has 1 aliphatic heterocycles. The maximum absolute atomic E-state index is 14.2. The zero-order valence-corrected chi connectivity index (χ0v) is 41.5. The SMILES string of the molecule is COc1ccc(C(OC[C@H]2O[C@@H](n3cnc4c(=O)[nH]c(NC(=O)C(c5ccccc5)c5ccccc5)nc43)C[C@@H]2OP(C)(=S)On2nnc3ccc(C(F)(F)F)cc32)(c2ccccc2)c2ccc(OC)cc2)cc1. The molecule has 0 saturated carbocycles. The fourth-order valence-corrected chi connectivity index (χ4v) is 10.8. The molecule has 21 heteroatoms. The largest absolute Gasteiger partial charge is 0.497 e. The van der Waals surface area contributed by atoms with Gasteiger partial charge in [0.05, 0.1) is 44.7 Å². The van der Waals surface area contributed by atoms with Gasteiger partial charge in [-0.15, -0.1) is 5.10 Å². The lowest BCUT2D eigenvalue weighted by molar-refractivity contribution is -0.137. The summed E-state index contributed by atoms with van der Waals surface area (Å²) in [7, 11) is 3.16. The van der Waals surface area contributed by atoms with Crippen molar-refractivity contribution in [2.24, 2.45) is 0 Å². The van der Waals surface area contributed by atoms with Crippen LogP contribution in [0.1, 0.15) is 51.9 Å². The third-order valence-electron chi connectivity index (χ3n) is 12.6. The predicted molar refractivity (Wildman–Crippen MR) is 272 cm³/mol. The van der Waals surface area contributed by atoms with Gasteiger partial charge in [-0.1, -0.05) is 120 Å². The van der Waals surface area contributed by atoms with E-state index in [2.05, 4.69) is 25.6 Å². The Balaban J connectivity index is 1.02. The number of methoxy groups -OCH3 is 2. The summed E-state index contributed by atoms with van der Waals surface area (Å²) in [6.45, 7) is -2.17. The van der Waals surface area contributed by atoms with E-state index in [0.717, 1.165) is 44.8 Å². The first kappa shape index (κ1) is 49.8. The van der Waals surface area contributed by atoms with Crippen molar-refractivity contribution in [3.8, 4) is 11.5 Å². The fourth-order valence-electron chi connectivity index (χ4n) is 9.13. The second-order valence-electron chi connectivity index (χ2n) is 17.3. The Labute approximate surface area is 426 Å². The Bertz CT molecular complexity index is 3450. The zero-order valence-electron chi connectivity index (χ0n) is 39.8. The normalized spacial score (nSPS) is 16.8. The summed E-state index contributed by atoms with van der Waals surface area (Å²) in [6.07, 6.45) is -6.03. The van der Waals surface area contributed by atoms with Crippen molar-refractivity contribution in [1.82, 2.24) is 34.7 Å². The number of alkyl halides is 3. The standard InChI is InChI=1S/C53H46F3N8O8PS/c1-67-39-24-19-36(20-25-39)52(35-17-11-6-12-18-35,37-21-26-40(68-2)27-22-37)69-31-44-43(71-73(3,74)72-64-42-29-38(53(54,55)56)23-28-41(42)61-62-64)30-45(70-44)63-32-57-47-48(63)58-51(60-50(47)66)59-49(65)46(33-13-7-4-8-14-33)34-15-9-5-10-16-34/h4-29,32,43-46H,30-31H2,1-3H3,(H2,58,59,60,65,66)/t43-,44+,45+,73?/m0/s1. The second-order valence-corrected chi connectivity index (χ2v) is 21.2. The first-order chi connectivity index (χ1) is 35.7. The highest BCUT2D eigenvalue weighted by Gasteiger charge is 2.45. The van der Waals surface area contributed by atoms with Gasteiger partial charge in [-0.25, -0.2) is 4.98 Å². The predicted octanol–water partition coefficient (Wildman–Crippen LogP) is 9.42. The highest BCUT2D eigenvalue weighted by Crippen LogP contribution is 2.49. The summed E-state index contributed by atoms with van der Waals surface area (Å²) in [4.78, 5) is 40.5. The molecule has 1 saturated heterocycles. The van der Waals surface area contributed by atoms with Crippen LogP contribution >= 0.6 is 6.49 Å². The number of hydrogen-bond acceptors (Lipinski definition) is 13. The fraction of sp³-hybridized carbons (Fsp3) is 0.208. The minimum Gasteiger partial charge on any atom is -0.497 e. The van der Waals surface area contributed by atoms with Crippen LogP contribution in [-0.2, 0) is 42.4 Å². The number of carbonyl (C=O) groups is 1. The summed E-state index contributed by atoms with van der Waals surface area (Å²) in [6, 6.07) is 46.0. The molecule has 1 unspecified atom stereocenters. The number of rotatable bonds is 17. The molecule has 0 aliphatic carbocycles. The molecule has 6 aromatic carbocycles. The minimum absolute atomic E-state index is 0.0335. The summed E-state index contributed by atoms with van der Waals surface area (Å²) in [5.74, 6) is -0.0782. The molecule has 2 N–H and O–H groups in total. The Kier molecular flexibility index (Phi) is 13.9. The topological polar surface area (TPSA) is 179 Å². The number of aromatic nitrogens is 7. The molecule has 9 aromatic rings. The number of ether oxygens (including phenoxy) is 4. The molecule has 3 aromatic heterocycles. The van der Waals surface area contributed by atoms with Crippen LogP contribution in [-0.4, -0.2) is 80.3 Å². The maximum Gasteiger partial charge on any atom is 0.416 e. The number of halogens is 3. The molecule has 0 bridgehead atoms. The number of anilines is 1. The Morgan fingerprint density at radius 2 is 1.39 bits per heavy atom. The summed E-state index contributed by atoms with van der Waals surface area (Å²) in [5, 5.41) is 10.8. The lowest BCUT2D eigenvalue weighted by Crippen LogP contribution is -2.38. The van der Waals surface area contributed by atoms with Gasteiger partial charge < -0.3 is 28.1 Å². The molecule has 378 valence electrons. The van der Waals surface area contributed by atoms with Crippen molar-refractivity contribution in [3.05, 3.63) is 208 Å². The van der Waals surface area contributed by atoms with Gasteiger partial charge in [0.25, 0.3) is 12.1 Å². The van der Waals surface area contributed by atoms with E-state index >= 15 is 0 Å². The van der Waals surface area contributed by atoms with Crippen molar-refractivity contribution < 1.29 is 46.1 Å². The van der Waals surface area contributed by atoms with Crippen LogP contribution < -0.4 is 25.0 Å². The average Bonchev–Trinajstić information content (AvgIpc) is 4.14. The van der Waals surface area contributed by atoms with Crippen molar-refractivity contribution in [1.29, 1.82) is 0 Å².